The second-order valence-electron chi connectivity index (χ2n) is 7.06. The SMILES string of the molecule is CN1CCC[C@@H]1[C@H]1CCCN1C(=O)COC1CCCCC1. The fourth-order valence-electron chi connectivity index (χ4n) is 4.43. The zero-order valence-electron chi connectivity index (χ0n) is 13.4. The molecule has 0 bridgehead atoms. The van der Waals surface area contributed by atoms with Crippen molar-refractivity contribution in [3.05, 3.63) is 0 Å². The van der Waals surface area contributed by atoms with Crippen LogP contribution in [0.5, 0.6) is 0 Å². The molecule has 2 saturated heterocycles. The number of likely N-dealkylation sites (N-methyl/N-ethyl adjacent to an activating group) is 1. The molecule has 2 heterocycles. The van der Waals surface area contributed by atoms with E-state index in [1.54, 1.807) is 0 Å². The molecule has 3 rings (SSSR count). The van der Waals surface area contributed by atoms with Gasteiger partial charge in [0.25, 0.3) is 0 Å². The van der Waals surface area contributed by atoms with E-state index >= 15 is 0 Å². The van der Waals surface area contributed by atoms with Crippen LogP contribution >= 0.6 is 0 Å². The predicted molar refractivity (Wildman–Crippen MR) is 83.2 cm³/mol. The van der Waals surface area contributed by atoms with Crippen LogP contribution in [0.3, 0.4) is 0 Å². The van der Waals surface area contributed by atoms with Crippen LogP contribution in [0.1, 0.15) is 57.8 Å². The van der Waals surface area contributed by atoms with Crippen molar-refractivity contribution < 1.29 is 9.53 Å². The van der Waals surface area contributed by atoms with Gasteiger partial charge in [-0.2, -0.15) is 0 Å². The van der Waals surface area contributed by atoms with Gasteiger partial charge in [-0.3, -0.25) is 4.79 Å². The molecule has 1 aliphatic carbocycles. The maximum Gasteiger partial charge on any atom is 0.248 e. The first-order chi connectivity index (χ1) is 10.3. The van der Waals surface area contributed by atoms with Crippen LogP contribution in [0.15, 0.2) is 0 Å². The second-order valence-corrected chi connectivity index (χ2v) is 7.06. The first-order valence-corrected chi connectivity index (χ1v) is 8.87. The van der Waals surface area contributed by atoms with E-state index < -0.39 is 0 Å². The predicted octanol–water partition coefficient (Wildman–Crippen LogP) is 2.42. The molecular formula is C17H30N2O2. The molecule has 0 radical (unpaired) electrons. The van der Waals surface area contributed by atoms with Gasteiger partial charge in [0.05, 0.1) is 6.10 Å². The van der Waals surface area contributed by atoms with Gasteiger partial charge in [0, 0.05) is 18.6 Å². The summed E-state index contributed by atoms with van der Waals surface area (Å²) >= 11 is 0. The number of hydrogen-bond acceptors (Lipinski definition) is 3. The Balaban J connectivity index is 1.50. The minimum atomic E-state index is 0.225. The zero-order chi connectivity index (χ0) is 14.7. The molecule has 0 spiro atoms. The van der Waals surface area contributed by atoms with Crippen molar-refractivity contribution in [2.75, 3.05) is 26.7 Å². The smallest absolute Gasteiger partial charge is 0.248 e. The third-order valence-corrected chi connectivity index (χ3v) is 5.64. The quantitative estimate of drug-likeness (QED) is 0.798. The monoisotopic (exact) mass is 294 g/mol. The summed E-state index contributed by atoms with van der Waals surface area (Å²) in [5.41, 5.74) is 0. The molecule has 0 aromatic heterocycles. The van der Waals surface area contributed by atoms with Gasteiger partial charge in [0.15, 0.2) is 0 Å². The van der Waals surface area contributed by atoms with Crippen molar-refractivity contribution in [1.82, 2.24) is 9.80 Å². The first kappa shape index (κ1) is 15.3. The molecule has 0 N–H and O–H groups in total. The lowest BCUT2D eigenvalue weighted by Crippen LogP contribution is -2.48. The van der Waals surface area contributed by atoms with Crippen LogP contribution in [0.4, 0.5) is 0 Å². The van der Waals surface area contributed by atoms with E-state index in [0.717, 1.165) is 25.8 Å². The molecule has 0 aromatic rings. The average Bonchev–Trinajstić information content (AvgIpc) is 3.14. The van der Waals surface area contributed by atoms with Crippen molar-refractivity contribution in [2.45, 2.75) is 76.0 Å². The van der Waals surface area contributed by atoms with E-state index in [1.165, 1.54) is 45.1 Å². The second kappa shape index (κ2) is 7.10. The number of likely N-dealkylation sites (tertiary alicyclic amines) is 2. The maximum absolute atomic E-state index is 12.5. The standard InChI is InChI=1S/C17H30N2O2/c1-18-11-5-9-15(18)16-10-6-12-19(16)17(20)13-21-14-7-3-2-4-8-14/h14-16H,2-13H2,1H3/t15-,16-/m1/s1. The van der Waals surface area contributed by atoms with Gasteiger partial charge >= 0.3 is 0 Å². The molecule has 1 amide bonds. The minimum absolute atomic E-state index is 0.225. The molecule has 2 aliphatic heterocycles. The van der Waals surface area contributed by atoms with Crippen molar-refractivity contribution >= 4 is 5.91 Å². The molecule has 0 aromatic carbocycles. The molecule has 4 heteroatoms. The van der Waals surface area contributed by atoms with E-state index in [0.29, 0.717) is 24.8 Å². The lowest BCUT2D eigenvalue weighted by molar-refractivity contribution is -0.140. The summed E-state index contributed by atoms with van der Waals surface area (Å²) in [4.78, 5) is 17.1. The number of carbonyl (C=O) groups is 1. The fraction of sp³-hybridized carbons (Fsp3) is 0.941. The van der Waals surface area contributed by atoms with Gasteiger partial charge in [-0.25, -0.2) is 0 Å². The molecule has 2 atom stereocenters. The summed E-state index contributed by atoms with van der Waals surface area (Å²) in [6.07, 6.45) is 11.3. The highest BCUT2D eigenvalue weighted by atomic mass is 16.5. The Labute approximate surface area is 128 Å². The highest BCUT2D eigenvalue weighted by Gasteiger charge is 2.38. The molecular weight excluding hydrogens is 264 g/mol. The summed E-state index contributed by atoms with van der Waals surface area (Å²) in [6.45, 7) is 2.42. The third kappa shape index (κ3) is 3.59. The summed E-state index contributed by atoms with van der Waals surface area (Å²) in [7, 11) is 2.21. The van der Waals surface area contributed by atoms with Crippen molar-refractivity contribution in [3.63, 3.8) is 0 Å². The Kier molecular flexibility index (Phi) is 5.17. The summed E-state index contributed by atoms with van der Waals surface area (Å²) in [6, 6.07) is 1.01. The Morgan fingerprint density at radius 2 is 1.67 bits per heavy atom. The molecule has 3 fully saturated rings. The van der Waals surface area contributed by atoms with Crippen LogP contribution in [0, 0.1) is 0 Å². The van der Waals surface area contributed by atoms with E-state index in [1.807, 2.05) is 0 Å². The van der Waals surface area contributed by atoms with Crippen molar-refractivity contribution in [3.8, 4) is 0 Å². The Bertz CT molecular complexity index is 355. The molecule has 21 heavy (non-hydrogen) atoms. The van der Waals surface area contributed by atoms with E-state index in [4.69, 9.17) is 4.74 Å². The van der Waals surface area contributed by atoms with Gasteiger partial charge < -0.3 is 14.5 Å². The van der Waals surface area contributed by atoms with E-state index in [9.17, 15) is 4.79 Å². The third-order valence-electron chi connectivity index (χ3n) is 5.64. The van der Waals surface area contributed by atoms with Crippen molar-refractivity contribution in [2.24, 2.45) is 0 Å². The Hall–Kier alpha value is -0.610. The topological polar surface area (TPSA) is 32.8 Å². The van der Waals surface area contributed by atoms with E-state index in [2.05, 4.69) is 16.8 Å². The van der Waals surface area contributed by atoms with Gasteiger partial charge in [-0.1, -0.05) is 19.3 Å². The number of nitrogens with zero attached hydrogens (tertiary/aromatic N) is 2. The average molecular weight is 294 g/mol. The van der Waals surface area contributed by atoms with Gasteiger partial charge in [0.1, 0.15) is 6.61 Å². The van der Waals surface area contributed by atoms with Crippen LogP contribution in [0.2, 0.25) is 0 Å². The van der Waals surface area contributed by atoms with E-state index in [-0.39, 0.29) is 5.91 Å². The van der Waals surface area contributed by atoms with Crippen LogP contribution in [-0.4, -0.2) is 60.6 Å². The molecule has 4 nitrogen and oxygen atoms in total. The highest BCUT2D eigenvalue weighted by molar-refractivity contribution is 5.78. The highest BCUT2D eigenvalue weighted by Crippen LogP contribution is 2.29. The molecule has 0 unspecified atom stereocenters. The summed E-state index contributed by atoms with van der Waals surface area (Å²) in [5.74, 6) is 0.225. The molecule has 120 valence electrons. The number of carbonyl (C=O) groups excluding carboxylic acids is 1. The number of amides is 1. The fourth-order valence-corrected chi connectivity index (χ4v) is 4.43. The van der Waals surface area contributed by atoms with Crippen LogP contribution < -0.4 is 0 Å². The lowest BCUT2D eigenvalue weighted by Gasteiger charge is -2.33. The Morgan fingerprint density at radius 3 is 2.38 bits per heavy atom. The number of ether oxygens (including phenoxy) is 1. The van der Waals surface area contributed by atoms with Crippen LogP contribution in [0.25, 0.3) is 0 Å². The van der Waals surface area contributed by atoms with Crippen molar-refractivity contribution in [1.29, 1.82) is 0 Å². The first-order valence-electron chi connectivity index (χ1n) is 8.87. The summed E-state index contributed by atoms with van der Waals surface area (Å²) in [5, 5.41) is 0. The normalized spacial score (nSPS) is 32.0. The van der Waals surface area contributed by atoms with Gasteiger partial charge in [-0.15, -0.1) is 0 Å². The minimum Gasteiger partial charge on any atom is -0.368 e. The summed E-state index contributed by atoms with van der Waals surface area (Å²) < 4.78 is 5.89. The van der Waals surface area contributed by atoms with Crippen LogP contribution in [-0.2, 0) is 9.53 Å². The molecule has 3 aliphatic rings. The number of hydrogen-bond donors (Lipinski definition) is 0. The largest absolute Gasteiger partial charge is 0.368 e. The van der Waals surface area contributed by atoms with Gasteiger partial charge in [-0.05, 0) is 52.1 Å². The molecule has 1 saturated carbocycles. The maximum atomic E-state index is 12.5. The lowest BCUT2D eigenvalue weighted by atomic mass is 9.98. The Morgan fingerprint density at radius 1 is 0.952 bits per heavy atom. The number of rotatable bonds is 4. The zero-order valence-corrected chi connectivity index (χ0v) is 13.4. The van der Waals surface area contributed by atoms with Gasteiger partial charge in [0.2, 0.25) is 5.91 Å².